The van der Waals surface area contributed by atoms with Crippen molar-refractivity contribution >= 4 is 5.97 Å². The molecule has 0 unspecified atom stereocenters. The van der Waals surface area contributed by atoms with Gasteiger partial charge in [-0.25, -0.2) is 4.79 Å². The number of allylic oxidation sites excluding steroid dienone is 1. The number of aliphatic carboxylic acids is 1. The number of carboxylic acid groups (broad SMARTS) is 1. The standard InChI is InChI=1S/C6H10O2/c1-3-5(2)4-6(7)8/h4H,3H2,1-2H3,(H,7,8)/b5-4-. The summed E-state index contributed by atoms with van der Waals surface area (Å²) in [6, 6.07) is 0. The van der Waals surface area contributed by atoms with Crippen LogP contribution in [0.2, 0.25) is 0 Å². The molecule has 0 saturated heterocycles. The Bertz CT molecular complexity index is 114. The lowest BCUT2D eigenvalue weighted by atomic mass is 10.2. The normalized spacial score (nSPS) is 11.5. The van der Waals surface area contributed by atoms with E-state index in [-0.39, 0.29) is 0 Å². The van der Waals surface area contributed by atoms with Crippen LogP contribution in [-0.2, 0) is 4.79 Å². The van der Waals surface area contributed by atoms with Gasteiger partial charge in [-0.3, -0.25) is 0 Å². The summed E-state index contributed by atoms with van der Waals surface area (Å²) >= 11 is 0. The molecule has 2 nitrogen and oxygen atoms in total. The molecule has 0 spiro atoms. The largest absolute Gasteiger partial charge is 0.478 e. The fraction of sp³-hybridized carbons (Fsp3) is 0.500. The number of rotatable bonds is 2. The third kappa shape index (κ3) is 3.40. The number of carbonyl (C=O) groups is 1. The van der Waals surface area contributed by atoms with E-state index in [2.05, 4.69) is 0 Å². The molecular formula is C6H10O2. The second-order valence-corrected chi connectivity index (χ2v) is 1.68. The fourth-order valence-corrected chi connectivity index (χ4v) is 0.313. The molecule has 1 N–H and O–H groups in total. The topological polar surface area (TPSA) is 37.3 Å². The number of hydrogen-bond donors (Lipinski definition) is 1. The van der Waals surface area contributed by atoms with Crippen LogP contribution in [0.3, 0.4) is 0 Å². The molecule has 0 aliphatic heterocycles. The molecule has 0 aromatic heterocycles. The number of carboxylic acids is 1. The summed E-state index contributed by atoms with van der Waals surface area (Å²) < 4.78 is 0. The average molecular weight is 114 g/mol. The second kappa shape index (κ2) is 3.24. The van der Waals surface area contributed by atoms with E-state index in [9.17, 15) is 4.79 Å². The SMILES string of the molecule is CC/C(C)=C\C(=O)O. The third-order valence-corrected chi connectivity index (χ3v) is 0.928. The van der Waals surface area contributed by atoms with Gasteiger partial charge >= 0.3 is 5.97 Å². The highest BCUT2D eigenvalue weighted by atomic mass is 16.4. The molecule has 8 heavy (non-hydrogen) atoms. The predicted octanol–water partition coefficient (Wildman–Crippen LogP) is 1.43. The summed E-state index contributed by atoms with van der Waals surface area (Å²) in [5, 5.41) is 8.14. The number of hydrogen-bond acceptors (Lipinski definition) is 1. The predicted molar refractivity (Wildman–Crippen MR) is 31.7 cm³/mol. The van der Waals surface area contributed by atoms with E-state index in [0.717, 1.165) is 12.0 Å². The van der Waals surface area contributed by atoms with Crippen LogP contribution in [0, 0.1) is 0 Å². The van der Waals surface area contributed by atoms with Crippen molar-refractivity contribution in [1.82, 2.24) is 0 Å². The summed E-state index contributed by atoms with van der Waals surface area (Å²) in [5.74, 6) is -0.857. The van der Waals surface area contributed by atoms with E-state index < -0.39 is 5.97 Å². The van der Waals surface area contributed by atoms with E-state index >= 15 is 0 Å². The van der Waals surface area contributed by atoms with E-state index in [1.54, 1.807) is 6.92 Å². The van der Waals surface area contributed by atoms with Crippen LogP contribution in [0.5, 0.6) is 0 Å². The molecule has 0 aliphatic carbocycles. The minimum atomic E-state index is -0.857. The second-order valence-electron chi connectivity index (χ2n) is 1.68. The summed E-state index contributed by atoms with van der Waals surface area (Å²) in [6.45, 7) is 3.73. The van der Waals surface area contributed by atoms with Crippen LogP contribution >= 0.6 is 0 Å². The van der Waals surface area contributed by atoms with E-state index in [1.807, 2.05) is 6.92 Å². The molecule has 0 fully saturated rings. The molecule has 0 bridgehead atoms. The van der Waals surface area contributed by atoms with E-state index in [1.165, 1.54) is 6.08 Å². The Hall–Kier alpha value is -0.790. The smallest absolute Gasteiger partial charge is 0.328 e. The molecule has 0 saturated carbocycles. The minimum Gasteiger partial charge on any atom is -0.478 e. The minimum absolute atomic E-state index is 0.812. The van der Waals surface area contributed by atoms with Crippen molar-refractivity contribution in [1.29, 1.82) is 0 Å². The van der Waals surface area contributed by atoms with Gasteiger partial charge in [0.2, 0.25) is 0 Å². The first-order chi connectivity index (χ1) is 3.66. The van der Waals surface area contributed by atoms with Gasteiger partial charge in [-0.2, -0.15) is 0 Å². The van der Waals surface area contributed by atoms with Crippen molar-refractivity contribution in [2.75, 3.05) is 0 Å². The van der Waals surface area contributed by atoms with Gasteiger partial charge in [0.05, 0.1) is 0 Å². The van der Waals surface area contributed by atoms with Gasteiger partial charge in [-0.1, -0.05) is 12.5 Å². The third-order valence-electron chi connectivity index (χ3n) is 0.928. The maximum absolute atomic E-state index is 9.89. The van der Waals surface area contributed by atoms with Crippen molar-refractivity contribution in [2.24, 2.45) is 0 Å². The first kappa shape index (κ1) is 7.21. The highest BCUT2D eigenvalue weighted by Gasteiger charge is 1.88. The quantitative estimate of drug-likeness (QED) is 0.551. The lowest BCUT2D eigenvalue weighted by molar-refractivity contribution is -0.131. The zero-order chi connectivity index (χ0) is 6.57. The van der Waals surface area contributed by atoms with Crippen molar-refractivity contribution in [3.05, 3.63) is 11.6 Å². The van der Waals surface area contributed by atoms with Gasteiger partial charge in [0.1, 0.15) is 0 Å². The lowest BCUT2D eigenvalue weighted by Gasteiger charge is -1.87. The Morgan fingerprint density at radius 3 is 2.38 bits per heavy atom. The molecule has 0 atom stereocenters. The molecule has 0 radical (unpaired) electrons. The highest BCUT2D eigenvalue weighted by Crippen LogP contribution is 1.95. The Morgan fingerprint density at radius 1 is 1.75 bits per heavy atom. The van der Waals surface area contributed by atoms with Gasteiger partial charge in [0, 0.05) is 6.08 Å². The summed E-state index contributed by atoms with van der Waals surface area (Å²) in [5.41, 5.74) is 0.900. The van der Waals surface area contributed by atoms with E-state index in [0.29, 0.717) is 0 Å². The fourth-order valence-electron chi connectivity index (χ4n) is 0.313. The van der Waals surface area contributed by atoms with Crippen molar-refractivity contribution in [3.8, 4) is 0 Å². The van der Waals surface area contributed by atoms with E-state index in [4.69, 9.17) is 5.11 Å². The Balaban J connectivity index is 3.75. The van der Waals surface area contributed by atoms with Crippen LogP contribution < -0.4 is 0 Å². The first-order valence-corrected chi connectivity index (χ1v) is 2.57. The molecule has 2 heteroatoms. The lowest BCUT2D eigenvalue weighted by Crippen LogP contribution is -1.88. The zero-order valence-electron chi connectivity index (χ0n) is 5.14. The van der Waals surface area contributed by atoms with Crippen LogP contribution in [0.4, 0.5) is 0 Å². The molecule has 0 aromatic carbocycles. The molecule has 0 aliphatic rings. The van der Waals surface area contributed by atoms with Gasteiger partial charge in [-0.05, 0) is 13.3 Å². The Kier molecular flexibility index (Phi) is 2.92. The first-order valence-electron chi connectivity index (χ1n) is 2.57. The van der Waals surface area contributed by atoms with Crippen LogP contribution in [0.25, 0.3) is 0 Å². The molecule has 0 amide bonds. The highest BCUT2D eigenvalue weighted by molar-refractivity contribution is 5.80. The molecule has 0 rings (SSSR count). The summed E-state index contributed by atoms with van der Waals surface area (Å²) in [6.07, 6.45) is 2.03. The maximum atomic E-state index is 9.89. The van der Waals surface area contributed by atoms with Crippen LogP contribution in [0.1, 0.15) is 20.3 Å². The average Bonchev–Trinajstić information content (AvgIpc) is 1.65. The van der Waals surface area contributed by atoms with Crippen molar-refractivity contribution < 1.29 is 9.90 Å². The monoisotopic (exact) mass is 114 g/mol. The summed E-state index contributed by atoms with van der Waals surface area (Å²) in [4.78, 5) is 9.89. The van der Waals surface area contributed by atoms with Gasteiger partial charge in [0.25, 0.3) is 0 Å². The molecular weight excluding hydrogens is 104 g/mol. The van der Waals surface area contributed by atoms with Gasteiger partial charge < -0.3 is 5.11 Å². The Morgan fingerprint density at radius 2 is 2.25 bits per heavy atom. The van der Waals surface area contributed by atoms with Crippen LogP contribution in [-0.4, -0.2) is 11.1 Å². The van der Waals surface area contributed by atoms with Gasteiger partial charge in [-0.15, -0.1) is 0 Å². The van der Waals surface area contributed by atoms with Crippen LogP contribution in [0.15, 0.2) is 11.6 Å². The maximum Gasteiger partial charge on any atom is 0.328 e. The van der Waals surface area contributed by atoms with Gasteiger partial charge in [0.15, 0.2) is 0 Å². The Labute approximate surface area is 48.8 Å². The summed E-state index contributed by atoms with van der Waals surface area (Å²) in [7, 11) is 0. The van der Waals surface area contributed by atoms with Crippen molar-refractivity contribution in [3.63, 3.8) is 0 Å². The molecule has 46 valence electrons. The molecule has 0 heterocycles. The van der Waals surface area contributed by atoms with Crippen molar-refractivity contribution in [2.45, 2.75) is 20.3 Å². The zero-order valence-corrected chi connectivity index (χ0v) is 5.14. The molecule has 0 aromatic rings.